The molecule has 0 aliphatic carbocycles. The first kappa shape index (κ1) is 10.8. The van der Waals surface area contributed by atoms with E-state index in [0.717, 1.165) is 6.42 Å². The minimum atomic E-state index is -0.883. The second-order valence-corrected chi connectivity index (χ2v) is 3.31. The zero-order chi connectivity index (χ0) is 10.6. The highest BCUT2D eigenvalue weighted by molar-refractivity contribution is 5.79. The Morgan fingerprint density at radius 2 is 2.43 bits per heavy atom. The molecule has 1 aliphatic heterocycles. The number of hydrogen-bond acceptors (Lipinski definition) is 5. The summed E-state index contributed by atoms with van der Waals surface area (Å²) < 4.78 is 13.9. The van der Waals surface area contributed by atoms with Crippen LogP contribution in [0.15, 0.2) is 0 Å². The molecule has 0 bridgehead atoms. The summed E-state index contributed by atoms with van der Waals surface area (Å²) >= 11 is 0. The van der Waals surface area contributed by atoms with Gasteiger partial charge in [0, 0.05) is 0 Å². The summed E-state index contributed by atoms with van der Waals surface area (Å²) in [5, 5.41) is 0. The zero-order valence-corrected chi connectivity index (χ0v) is 8.32. The fourth-order valence-corrected chi connectivity index (χ4v) is 0.879. The molecule has 0 radical (unpaired) electrons. The number of esters is 1. The van der Waals surface area contributed by atoms with Gasteiger partial charge in [0.25, 0.3) is 0 Å². The molecule has 80 valence electrons. The van der Waals surface area contributed by atoms with E-state index in [4.69, 9.17) is 4.74 Å². The molecule has 5 heteroatoms. The van der Waals surface area contributed by atoms with E-state index >= 15 is 0 Å². The molecular formula is C9H14O5. The van der Waals surface area contributed by atoms with Crippen molar-refractivity contribution in [3.05, 3.63) is 0 Å². The van der Waals surface area contributed by atoms with E-state index in [-0.39, 0.29) is 6.61 Å². The molecular weight excluding hydrogens is 188 g/mol. The summed E-state index contributed by atoms with van der Waals surface area (Å²) in [5.74, 6) is -0.215. The summed E-state index contributed by atoms with van der Waals surface area (Å²) in [6.07, 6.45) is -0.754. The van der Waals surface area contributed by atoms with Crippen molar-refractivity contribution in [1.82, 2.24) is 0 Å². The molecule has 0 spiro atoms. The summed E-state index contributed by atoms with van der Waals surface area (Å²) in [5.41, 5.74) is 0. The Kier molecular flexibility index (Phi) is 3.73. The van der Waals surface area contributed by atoms with Gasteiger partial charge in [0.15, 0.2) is 0 Å². The fraction of sp³-hybridized carbons (Fsp3) is 0.778. The smallest absolute Gasteiger partial charge is 0.463 e. The van der Waals surface area contributed by atoms with Gasteiger partial charge in [0.1, 0.15) is 6.61 Å². The highest BCUT2D eigenvalue weighted by atomic mass is 16.8. The molecule has 1 rings (SSSR count). The van der Waals surface area contributed by atoms with Crippen LogP contribution in [0.25, 0.3) is 0 Å². The van der Waals surface area contributed by atoms with Gasteiger partial charge in [0.2, 0.25) is 6.10 Å². The predicted molar refractivity (Wildman–Crippen MR) is 46.6 cm³/mol. The number of ether oxygens (including phenoxy) is 3. The first-order valence-electron chi connectivity index (χ1n) is 4.63. The van der Waals surface area contributed by atoms with Gasteiger partial charge in [-0.3, -0.25) is 0 Å². The average Bonchev–Trinajstić information content (AvgIpc) is 2.60. The average molecular weight is 202 g/mol. The lowest BCUT2D eigenvalue weighted by molar-refractivity contribution is -0.153. The third-order valence-electron chi connectivity index (χ3n) is 2.06. The molecule has 5 nitrogen and oxygen atoms in total. The molecule has 0 aromatic heterocycles. The van der Waals surface area contributed by atoms with Crippen LogP contribution in [-0.2, 0) is 19.0 Å². The van der Waals surface area contributed by atoms with Gasteiger partial charge < -0.3 is 14.2 Å². The molecule has 1 heterocycles. The standard InChI is InChI=1S/C9H14O5/c1-3-6(2)4-12-8(10)7-5-13-9(11)14-7/h6-7H,3-5H2,1-2H3. The number of cyclic esters (lactones) is 2. The van der Waals surface area contributed by atoms with Crippen molar-refractivity contribution in [2.45, 2.75) is 26.4 Å². The van der Waals surface area contributed by atoms with Crippen LogP contribution in [0.1, 0.15) is 20.3 Å². The van der Waals surface area contributed by atoms with Gasteiger partial charge in [-0.25, -0.2) is 9.59 Å². The first-order chi connectivity index (χ1) is 6.63. The Labute approximate surface area is 82.3 Å². The van der Waals surface area contributed by atoms with Crippen LogP contribution in [0.5, 0.6) is 0 Å². The largest absolute Gasteiger partial charge is 0.509 e. The molecule has 1 aliphatic rings. The van der Waals surface area contributed by atoms with E-state index in [9.17, 15) is 9.59 Å². The summed E-state index contributed by atoms with van der Waals surface area (Å²) in [7, 11) is 0. The predicted octanol–water partition coefficient (Wildman–Crippen LogP) is 1.11. The molecule has 2 unspecified atom stereocenters. The minimum Gasteiger partial charge on any atom is -0.463 e. The van der Waals surface area contributed by atoms with Crippen LogP contribution in [-0.4, -0.2) is 31.4 Å². The minimum absolute atomic E-state index is 0.0435. The van der Waals surface area contributed by atoms with Crippen molar-refractivity contribution < 1.29 is 23.8 Å². The molecule has 0 aromatic carbocycles. The highest BCUT2D eigenvalue weighted by Gasteiger charge is 2.32. The molecule has 0 aromatic rings. The van der Waals surface area contributed by atoms with Crippen LogP contribution in [0, 0.1) is 5.92 Å². The van der Waals surface area contributed by atoms with E-state index in [1.54, 1.807) is 0 Å². The van der Waals surface area contributed by atoms with Crippen molar-refractivity contribution in [2.75, 3.05) is 13.2 Å². The fourth-order valence-electron chi connectivity index (χ4n) is 0.879. The van der Waals surface area contributed by atoms with Crippen molar-refractivity contribution in [3.8, 4) is 0 Å². The van der Waals surface area contributed by atoms with Gasteiger partial charge in [-0.1, -0.05) is 20.3 Å². The van der Waals surface area contributed by atoms with Crippen LogP contribution in [0.2, 0.25) is 0 Å². The van der Waals surface area contributed by atoms with E-state index in [2.05, 4.69) is 9.47 Å². The summed E-state index contributed by atoms with van der Waals surface area (Å²) in [4.78, 5) is 21.7. The Balaban J connectivity index is 2.25. The van der Waals surface area contributed by atoms with E-state index < -0.39 is 18.2 Å². The first-order valence-corrected chi connectivity index (χ1v) is 4.63. The molecule has 14 heavy (non-hydrogen) atoms. The Morgan fingerprint density at radius 1 is 1.71 bits per heavy atom. The van der Waals surface area contributed by atoms with Gasteiger partial charge in [-0.15, -0.1) is 0 Å². The topological polar surface area (TPSA) is 61.8 Å². The second kappa shape index (κ2) is 4.83. The maximum absolute atomic E-state index is 11.2. The Hall–Kier alpha value is -1.26. The van der Waals surface area contributed by atoms with Crippen molar-refractivity contribution in [1.29, 1.82) is 0 Å². The molecule has 2 atom stereocenters. The van der Waals surface area contributed by atoms with Crippen molar-refractivity contribution in [3.63, 3.8) is 0 Å². The quantitative estimate of drug-likeness (QED) is 0.639. The SMILES string of the molecule is CCC(C)COC(=O)C1COC(=O)O1. The molecule has 1 saturated heterocycles. The molecule has 0 N–H and O–H groups in total. The third kappa shape index (κ3) is 2.90. The summed E-state index contributed by atoms with van der Waals surface area (Å²) in [6, 6.07) is 0. The van der Waals surface area contributed by atoms with Crippen molar-refractivity contribution in [2.24, 2.45) is 5.92 Å². The monoisotopic (exact) mass is 202 g/mol. The Morgan fingerprint density at radius 3 is 2.93 bits per heavy atom. The molecule has 0 saturated carbocycles. The molecule has 1 fully saturated rings. The number of carbonyl (C=O) groups excluding carboxylic acids is 2. The van der Waals surface area contributed by atoms with Gasteiger partial charge in [-0.05, 0) is 5.92 Å². The normalized spacial score (nSPS) is 22.4. The van der Waals surface area contributed by atoms with Crippen molar-refractivity contribution >= 4 is 12.1 Å². The van der Waals surface area contributed by atoms with Crippen LogP contribution in [0.4, 0.5) is 4.79 Å². The zero-order valence-electron chi connectivity index (χ0n) is 8.32. The number of rotatable bonds is 4. The van der Waals surface area contributed by atoms with Crippen LogP contribution >= 0.6 is 0 Å². The van der Waals surface area contributed by atoms with E-state index in [1.165, 1.54) is 0 Å². The lowest BCUT2D eigenvalue weighted by Gasteiger charge is -2.11. The maximum atomic E-state index is 11.2. The van der Waals surface area contributed by atoms with Gasteiger partial charge >= 0.3 is 12.1 Å². The number of carbonyl (C=O) groups is 2. The van der Waals surface area contributed by atoms with Gasteiger partial charge in [0.05, 0.1) is 6.61 Å². The summed E-state index contributed by atoms with van der Waals surface area (Å²) in [6.45, 7) is 4.29. The van der Waals surface area contributed by atoms with Crippen LogP contribution in [0.3, 0.4) is 0 Å². The van der Waals surface area contributed by atoms with Crippen LogP contribution < -0.4 is 0 Å². The second-order valence-electron chi connectivity index (χ2n) is 3.31. The maximum Gasteiger partial charge on any atom is 0.509 e. The number of hydrogen-bond donors (Lipinski definition) is 0. The lowest BCUT2D eigenvalue weighted by atomic mass is 10.1. The highest BCUT2D eigenvalue weighted by Crippen LogP contribution is 2.09. The van der Waals surface area contributed by atoms with E-state index in [1.807, 2.05) is 13.8 Å². The lowest BCUT2D eigenvalue weighted by Crippen LogP contribution is -2.27. The van der Waals surface area contributed by atoms with Gasteiger partial charge in [-0.2, -0.15) is 0 Å². The van der Waals surface area contributed by atoms with E-state index in [0.29, 0.717) is 12.5 Å². The molecule has 0 amide bonds. The Bertz CT molecular complexity index is 225. The third-order valence-corrected chi connectivity index (χ3v) is 2.06.